The normalized spacial score (nSPS) is 17.2. The van der Waals surface area contributed by atoms with Crippen LogP contribution >= 0.6 is 0 Å². The smallest absolute Gasteiger partial charge is 0.231 e. The first-order valence-corrected chi connectivity index (χ1v) is 8.68. The quantitative estimate of drug-likeness (QED) is 0.766. The van der Waals surface area contributed by atoms with Crippen LogP contribution in [-0.2, 0) is 7.05 Å². The molecule has 1 atom stereocenters. The van der Waals surface area contributed by atoms with Gasteiger partial charge < -0.3 is 9.30 Å². The molecular weight excluding hydrogens is 298 g/mol. The van der Waals surface area contributed by atoms with Crippen LogP contribution in [0.2, 0.25) is 0 Å². The van der Waals surface area contributed by atoms with E-state index < -0.39 is 0 Å². The molecule has 1 aromatic carbocycles. The van der Waals surface area contributed by atoms with E-state index in [0.717, 1.165) is 5.56 Å². The first-order chi connectivity index (χ1) is 11.5. The molecule has 2 aromatic rings. The fraction of sp³-hybridized carbons (Fsp3) is 0.381. The molecule has 1 unspecified atom stereocenters. The molecule has 0 spiro atoms. The zero-order valence-corrected chi connectivity index (χ0v) is 14.7. The zero-order chi connectivity index (χ0) is 17.1. The van der Waals surface area contributed by atoms with Crippen molar-refractivity contribution in [3.8, 4) is 16.9 Å². The van der Waals surface area contributed by atoms with Crippen molar-refractivity contribution < 1.29 is 4.74 Å². The standard InChI is InChI=1S/C21H25NO2/c1-15(2)24-20-14-22(3)13-19(21(20)23)18-11-7-10-17(12-18)16-8-5-4-6-9-16/h5,7-8,10-16H,4,6,9H2,1-3H3. The molecule has 0 amide bonds. The topological polar surface area (TPSA) is 31.2 Å². The lowest BCUT2D eigenvalue weighted by molar-refractivity contribution is 0.238. The van der Waals surface area contributed by atoms with Crippen molar-refractivity contribution in [2.45, 2.75) is 45.1 Å². The molecular formula is C21H25NO2. The van der Waals surface area contributed by atoms with Gasteiger partial charge in [0, 0.05) is 30.9 Å². The first-order valence-electron chi connectivity index (χ1n) is 8.68. The van der Waals surface area contributed by atoms with Gasteiger partial charge in [-0.15, -0.1) is 0 Å². The fourth-order valence-electron chi connectivity index (χ4n) is 3.25. The maximum atomic E-state index is 12.8. The Morgan fingerprint density at radius 2 is 2.08 bits per heavy atom. The molecule has 1 aliphatic carbocycles. The van der Waals surface area contributed by atoms with Gasteiger partial charge in [-0.2, -0.15) is 0 Å². The molecule has 1 heterocycles. The van der Waals surface area contributed by atoms with E-state index in [1.165, 1.54) is 24.8 Å². The third-order valence-corrected chi connectivity index (χ3v) is 4.36. The van der Waals surface area contributed by atoms with Crippen LogP contribution in [0.4, 0.5) is 0 Å². The number of allylic oxidation sites excluding steroid dienone is 2. The summed E-state index contributed by atoms with van der Waals surface area (Å²) in [6.45, 7) is 3.87. The summed E-state index contributed by atoms with van der Waals surface area (Å²) in [7, 11) is 1.92. The average Bonchev–Trinajstić information content (AvgIpc) is 2.58. The lowest BCUT2D eigenvalue weighted by Gasteiger charge is -2.18. The van der Waals surface area contributed by atoms with Gasteiger partial charge in [-0.25, -0.2) is 0 Å². The fourth-order valence-corrected chi connectivity index (χ4v) is 3.25. The lowest BCUT2D eigenvalue weighted by Crippen LogP contribution is -2.17. The first kappa shape index (κ1) is 16.6. The summed E-state index contributed by atoms with van der Waals surface area (Å²) in [5.41, 5.74) is 2.89. The number of hydrogen-bond acceptors (Lipinski definition) is 2. The summed E-state index contributed by atoms with van der Waals surface area (Å²) in [6.07, 6.45) is 11.7. The Morgan fingerprint density at radius 3 is 2.79 bits per heavy atom. The number of aromatic nitrogens is 1. The number of nitrogens with zero attached hydrogens (tertiary/aromatic N) is 1. The highest BCUT2D eigenvalue weighted by Gasteiger charge is 2.15. The van der Waals surface area contributed by atoms with Crippen LogP contribution in [0, 0.1) is 0 Å². The van der Waals surface area contributed by atoms with Crippen molar-refractivity contribution in [3.05, 3.63) is 64.6 Å². The van der Waals surface area contributed by atoms with Crippen molar-refractivity contribution >= 4 is 0 Å². The molecule has 0 radical (unpaired) electrons. The third kappa shape index (κ3) is 3.61. The number of ether oxygens (including phenoxy) is 1. The van der Waals surface area contributed by atoms with Gasteiger partial charge in [-0.1, -0.05) is 36.4 Å². The van der Waals surface area contributed by atoms with Crippen molar-refractivity contribution in [1.82, 2.24) is 4.57 Å². The van der Waals surface area contributed by atoms with Crippen molar-refractivity contribution in [2.24, 2.45) is 7.05 Å². The summed E-state index contributed by atoms with van der Waals surface area (Å²) < 4.78 is 7.58. The van der Waals surface area contributed by atoms with Gasteiger partial charge >= 0.3 is 0 Å². The number of rotatable bonds is 4. The van der Waals surface area contributed by atoms with Crippen LogP contribution in [0.15, 0.2) is 53.6 Å². The van der Waals surface area contributed by atoms with E-state index in [-0.39, 0.29) is 11.5 Å². The maximum absolute atomic E-state index is 12.8. The number of hydrogen-bond donors (Lipinski definition) is 0. The van der Waals surface area contributed by atoms with Crippen molar-refractivity contribution in [1.29, 1.82) is 0 Å². The van der Waals surface area contributed by atoms with E-state index in [1.54, 1.807) is 6.20 Å². The molecule has 1 aliphatic rings. The Labute approximate surface area is 143 Å². The highest BCUT2D eigenvalue weighted by Crippen LogP contribution is 2.30. The number of aryl methyl sites for hydroxylation is 1. The largest absolute Gasteiger partial charge is 0.485 e. The molecule has 126 valence electrons. The van der Waals surface area contributed by atoms with E-state index in [4.69, 9.17) is 4.74 Å². The van der Waals surface area contributed by atoms with E-state index in [0.29, 0.717) is 17.2 Å². The van der Waals surface area contributed by atoms with E-state index in [1.807, 2.05) is 43.8 Å². The van der Waals surface area contributed by atoms with Gasteiger partial charge in [0.15, 0.2) is 5.75 Å². The summed E-state index contributed by atoms with van der Waals surface area (Å²) in [5, 5.41) is 0. The highest BCUT2D eigenvalue weighted by molar-refractivity contribution is 5.65. The van der Waals surface area contributed by atoms with Crippen LogP contribution in [-0.4, -0.2) is 10.7 Å². The summed E-state index contributed by atoms with van der Waals surface area (Å²) in [4.78, 5) is 12.8. The lowest BCUT2D eigenvalue weighted by atomic mass is 9.88. The average molecular weight is 323 g/mol. The molecule has 24 heavy (non-hydrogen) atoms. The third-order valence-electron chi connectivity index (χ3n) is 4.36. The molecule has 0 bridgehead atoms. The number of benzene rings is 1. The van der Waals surface area contributed by atoms with Crippen LogP contribution in [0.25, 0.3) is 11.1 Å². The van der Waals surface area contributed by atoms with Crippen LogP contribution in [0.1, 0.15) is 44.6 Å². The molecule has 0 fully saturated rings. The Kier molecular flexibility index (Phi) is 4.89. The SMILES string of the molecule is CC(C)Oc1cn(C)cc(-c2cccc(C3C=CCCC3)c2)c1=O. The monoisotopic (exact) mass is 323 g/mol. The second kappa shape index (κ2) is 7.08. The van der Waals surface area contributed by atoms with Crippen LogP contribution in [0.5, 0.6) is 5.75 Å². The molecule has 1 aromatic heterocycles. The molecule has 0 saturated carbocycles. The predicted molar refractivity (Wildman–Crippen MR) is 98.6 cm³/mol. The van der Waals surface area contributed by atoms with Crippen molar-refractivity contribution in [3.63, 3.8) is 0 Å². The van der Waals surface area contributed by atoms with Gasteiger partial charge in [-0.3, -0.25) is 4.79 Å². The van der Waals surface area contributed by atoms with Gasteiger partial charge in [0.2, 0.25) is 5.43 Å². The minimum atomic E-state index is -0.0434. The van der Waals surface area contributed by atoms with Gasteiger partial charge in [0.1, 0.15) is 0 Å². The molecule has 0 aliphatic heterocycles. The molecule has 3 nitrogen and oxygen atoms in total. The maximum Gasteiger partial charge on any atom is 0.231 e. The van der Waals surface area contributed by atoms with Gasteiger partial charge in [0.25, 0.3) is 0 Å². The molecule has 3 heteroatoms. The minimum Gasteiger partial charge on any atom is -0.485 e. The number of pyridine rings is 1. The molecule has 3 rings (SSSR count). The Morgan fingerprint density at radius 1 is 1.25 bits per heavy atom. The van der Waals surface area contributed by atoms with E-state index >= 15 is 0 Å². The van der Waals surface area contributed by atoms with E-state index in [2.05, 4.69) is 24.3 Å². The Bertz CT molecular complexity index is 802. The second-order valence-electron chi connectivity index (χ2n) is 6.79. The zero-order valence-electron chi connectivity index (χ0n) is 14.7. The van der Waals surface area contributed by atoms with Gasteiger partial charge in [-0.05, 0) is 44.2 Å². The summed E-state index contributed by atoms with van der Waals surface area (Å²) >= 11 is 0. The Hall–Kier alpha value is -2.29. The van der Waals surface area contributed by atoms with Crippen LogP contribution in [0.3, 0.4) is 0 Å². The van der Waals surface area contributed by atoms with Crippen LogP contribution < -0.4 is 10.2 Å². The van der Waals surface area contributed by atoms with Crippen molar-refractivity contribution in [2.75, 3.05) is 0 Å². The summed E-state index contributed by atoms with van der Waals surface area (Å²) in [5.74, 6) is 0.866. The summed E-state index contributed by atoms with van der Waals surface area (Å²) in [6, 6.07) is 8.35. The highest BCUT2D eigenvalue weighted by atomic mass is 16.5. The molecule has 0 N–H and O–H groups in total. The van der Waals surface area contributed by atoms with Gasteiger partial charge in [0.05, 0.1) is 6.10 Å². The predicted octanol–water partition coefficient (Wildman–Crippen LogP) is 4.66. The Balaban J connectivity index is 2.03. The second-order valence-corrected chi connectivity index (χ2v) is 6.79. The minimum absolute atomic E-state index is 0.0216. The van der Waals surface area contributed by atoms with E-state index in [9.17, 15) is 4.79 Å². The molecule has 0 saturated heterocycles.